The Kier molecular flexibility index (Phi) is 11.7. The number of halogens is 1. The Morgan fingerprint density at radius 3 is 2.30 bits per heavy atom. The fraction of sp³-hybridized carbons (Fsp3) is 0.652. The van der Waals surface area contributed by atoms with Gasteiger partial charge < -0.3 is 20.3 Å². The maximum absolute atomic E-state index is 12.6. The molecule has 1 amide bonds. The van der Waals surface area contributed by atoms with E-state index in [0.717, 1.165) is 49.6 Å². The summed E-state index contributed by atoms with van der Waals surface area (Å²) >= 11 is 0. The zero-order valence-corrected chi connectivity index (χ0v) is 21.5. The first kappa shape index (κ1) is 26.7. The van der Waals surface area contributed by atoms with Crippen LogP contribution in [0.25, 0.3) is 0 Å². The molecule has 30 heavy (non-hydrogen) atoms. The van der Waals surface area contributed by atoms with Gasteiger partial charge in [-0.3, -0.25) is 4.79 Å². The molecular weight excluding hydrogens is 491 g/mol. The molecule has 0 radical (unpaired) electrons. The molecule has 1 fully saturated rings. The van der Waals surface area contributed by atoms with Gasteiger partial charge in [0.05, 0.1) is 12.6 Å². The highest BCUT2D eigenvalue weighted by Crippen LogP contribution is 2.21. The summed E-state index contributed by atoms with van der Waals surface area (Å²) in [6, 6.07) is 7.83. The first-order valence-corrected chi connectivity index (χ1v) is 10.8. The smallest absolute Gasteiger partial charge is 0.253 e. The van der Waals surface area contributed by atoms with Gasteiger partial charge in [-0.1, -0.05) is 32.9 Å². The second-order valence-corrected chi connectivity index (χ2v) is 8.72. The summed E-state index contributed by atoms with van der Waals surface area (Å²) in [5.41, 5.74) is 1.89. The first-order chi connectivity index (χ1) is 13.8. The maximum Gasteiger partial charge on any atom is 0.253 e. The average Bonchev–Trinajstić information content (AvgIpc) is 2.72. The third-order valence-corrected chi connectivity index (χ3v) is 5.31. The molecule has 1 saturated heterocycles. The van der Waals surface area contributed by atoms with Crippen molar-refractivity contribution in [1.29, 1.82) is 0 Å². The van der Waals surface area contributed by atoms with Crippen molar-refractivity contribution >= 4 is 35.8 Å². The number of rotatable bonds is 7. The molecule has 0 aromatic heterocycles. The standard InChI is InChI=1S/C23H38N4O2.HI/c1-6-24-22(26-17-20(29-5)23(2,3)4)25-16-18-10-12-19(13-11-18)21(28)27-14-8-7-9-15-27;/h10-13,20H,6-9,14-17H2,1-5H3,(H2,24,25,26);1H. The van der Waals surface area contributed by atoms with E-state index in [9.17, 15) is 4.79 Å². The molecule has 0 saturated carbocycles. The predicted octanol–water partition coefficient (Wildman–Crippen LogP) is 4.05. The Morgan fingerprint density at radius 2 is 1.77 bits per heavy atom. The number of ether oxygens (including phenoxy) is 1. The lowest BCUT2D eigenvalue weighted by Gasteiger charge is -2.30. The van der Waals surface area contributed by atoms with Crippen LogP contribution in [-0.4, -0.2) is 56.2 Å². The Hall–Kier alpha value is -1.35. The highest BCUT2D eigenvalue weighted by Gasteiger charge is 2.24. The Morgan fingerprint density at radius 1 is 1.13 bits per heavy atom. The number of nitrogens with one attached hydrogen (secondary N) is 2. The van der Waals surface area contributed by atoms with E-state index in [0.29, 0.717) is 13.1 Å². The van der Waals surface area contributed by atoms with Crippen LogP contribution in [0.4, 0.5) is 0 Å². The van der Waals surface area contributed by atoms with E-state index in [4.69, 9.17) is 4.74 Å². The van der Waals surface area contributed by atoms with E-state index >= 15 is 0 Å². The molecule has 170 valence electrons. The number of likely N-dealkylation sites (tertiary alicyclic amines) is 1. The van der Waals surface area contributed by atoms with Crippen molar-refractivity contribution in [3.05, 3.63) is 35.4 Å². The number of carbonyl (C=O) groups excluding carboxylic acids is 1. The van der Waals surface area contributed by atoms with Crippen LogP contribution in [0.15, 0.2) is 29.3 Å². The molecule has 1 aromatic rings. The van der Waals surface area contributed by atoms with Crippen LogP contribution >= 0.6 is 24.0 Å². The fourth-order valence-corrected chi connectivity index (χ4v) is 3.48. The lowest BCUT2D eigenvalue weighted by Crippen LogP contribution is -2.45. The number of hydrogen-bond donors (Lipinski definition) is 2. The number of benzene rings is 1. The molecule has 1 heterocycles. The molecule has 1 atom stereocenters. The summed E-state index contributed by atoms with van der Waals surface area (Å²) in [6.07, 6.45) is 3.53. The van der Waals surface area contributed by atoms with Gasteiger partial charge in [-0.25, -0.2) is 4.99 Å². The molecule has 1 aromatic carbocycles. The van der Waals surface area contributed by atoms with Crippen LogP contribution in [-0.2, 0) is 11.3 Å². The van der Waals surface area contributed by atoms with Gasteiger partial charge in [0.15, 0.2) is 5.96 Å². The number of guanidine groups is 1. The molecule has 0 bridgehead atoms. The summed E-state index contributed by atoms with van der Waals surface area (Å²) < 4.78 is 5.61. The zero-order valence-electron chi connectivity index (χ0n) is 19.2. The fourth-order valence-electron chi connectivity index (χ4n) is 3.48. The Balaban J connectivity index is 0.00000450. The highest BCUT2D eigenvalue weighted by atomic mass is 127. The van der Waals surface area contributed by atoms with E-state index < -0.39 is 0 Å². The van der Waals surface area contributed by atoms with Crippen LogP contribution in [0, 0.1) is 5.41 Å². The van der Waals surface area contributed by atoms with Gasteiger partial charge in [-0.05, 0) is 49.3 Å². The topological polar surface area (TPSA) is 66.0 Å². The average molecular weight is 530 g/mol. The third-order valence-electron chi connectivity index (χ3n) is 5.31. The summed E-state index contributed by atoms with van der Waals surface area (Å²) in [5, 5.41) is 6.65. The lowest BCUT2D eigenvalue weighted by molar-refractivity contribution is 0.0205. The number of hydrogen-bond acceptors (Lipinski definition) is 3. The Bertz CT molecular complexity index is 665. The SMILES string of the molecule is CCNC(=NCc1ccc(C(=O)N2CCCCC2)cc1)NCC(OC)C(C)(C)C.I. The van der Waals surface area contributed by atoms with Gasteiger partial charge in [-0.2, -0.15) is 0 Å². The van der Waals surface area contributed by atoms with Gasteiger partial charge in [0.25, 0.3) is 5.91 Å². The van der Waals surface area contributed by atoms with Gasteiger partial charge >= 0.3 is 0 Å². The molecule has 0 aliphatic carbocycles. The van der Waals surface area contributed by atoms with Gasteiger partial charge in [-0.15, -0.1) is 24.0 Å². The van der Waals surface area contributed by atoms with Gasteiger partial charge in [0.1, 0.15) is 0 Å². The van der Waals surface area contributed by atoms with Crippen molar-refractivity contribution in [3.8, 4) is 0 Å². The maximum atomic E-state index is 12.6. The minimum Gasteiger partial charge on any atom is -0.379 e. The minimum atomic E-state index is 0. The number of piperidine rings is 1. The summed E-state index contributed by atoms with van der Waals surface area (Å²) in [4.78, 5) is 19.2. The van der Waals surface area contributed by atoms with E-state index in [2.05, 4.69) is 43.3 Å². The molecule has 2 N–H and O–H groups in total. The third kappa shape index (κ3) is 8.41. The molecular formula is C23H39IN4O2. The van der Waals surface area contributed by atoms with Crippen LogP contribution in [0.5, 0.6) is 0 Å². The molecule has 1 unspecified atom stereocenters. The normalized spacial score (nSPS) is 15.9. The number of nitrogens with zero attached hydrogens (tertiary/aromatic N) is 2. The van der Waals surface area contributed by atoms with Crippen LogP contribution in [0.1, 0.15) is 62.9 Å². The molecule has 7 heteroatoms. The molecule has 0 spiro atoms. The Labute approximate surface area is 199 Å². The van der Waals surface area contributed by atoms with Crippen molar-refractivity contribution in [2.45, 2.75) is 59.6 Å². The number of aliphatic imine (C=N–C) groups is 1. The first-order valence-electron chi connectivity index (χ1n) is 10.8. The van der Waals surface area contributed by atoms with Crippen molar-refractivity contribution in [2.75, 3.05) is 33.3 Å². The van der Waals surface area contributed by atoms with Crippen LogP contribution in [0.2, 0.25) is 0 Å². The van der Waals surface area contributed by atoms with Crippen molar-refractivity contribution in [3.63, 3.8) is 0 Å². The van der Waals surface area contributed by atoms with Gasteiger partial charge in [0.2, 0.25) is 0 Å². The van der Waals surface area contributed by atoms with E-state index in [1.54, 1.807) is 7.11 Å². The lowest BCUT2D eigenvalue weighted by atomic mass is 9.89. The predicted molar refractivity (Wildman–Crippen MR) is 135 cm³/mol. The summed E-state index contributed by atoms with van der Waals surface area (Å²) in [6.45, 7) is 12.3. The van der Waals surface area contributed by atoms with Crippen molar-refractivity contribution in [1.82, 2.24) is 15.5 Å². The molecule has 1 aliphatic heterocycles. The number of amides is 1. The van der Waals surface area contributed by atoms with Crippen LogP contribution in [0.3, 0.4) is 0 Å². The van der Waals surface area contributed by atoms with Crippen LogP contribution < -0.4 is 10.6 Å². The number of carbonyl (C=O) groups is 1. The second-order valence-electron chi connectivity index (χ2n) is 8.72. The molecule has 2 rings (SSSR count). The number of methoxy groups -OCH3 is 1. The monoisotopic (exact) mass is 530 g/mol. The zero-order chi connectivity index (χ0) is 21.3. The molecule has 6 nitrogen and oxygen atoms in total. The van der Waals surface area contributed by atoms with Crippen molar-refractivity contribution < 1.29 is 9.53 Å². The van der Waals surface area contributed by atoms with E-state index in [1.807, 2.05) is 29.2 Å². The second kappa shape index (κ2) is 13.1. The largest absolute Gasteiger partial charge is 0.379 e. The van der Waals surface area contributed by atoms with Crippen molar-refractivity contribution in [2.24, 2.45) is 10.4 Å². The molecule has 1 aliphatic rings. The minimum absolute atomic E-state index is 0. The van der Waals surface area contributed by atoms with E-state index in [-0.39, 0.29) is 41.4 Å². The summed E-state index contributed by atoms with van der Waals surface area (Å²) in [7, 11) is 1.74. The highest BCUT2D eigenvalue weighted by molar-refractivity contribution is 14.0. The van der Waals surface area contributed by atoms with Gasteiger partial charge in [0, 0.05) is 38.9 Å². The summed E-state index contributed by atoms with van der Waals surface area (Å²) in [5.74, 6) is 0.912. The quantitative estimate of drug-likeness (QED) is 0.317. The van der Waals surface area contributed by atoms with E-state index in [1.165, 1.54) is 6.42 Å².